The van der Waals surface area contributed by atoms with E-state index in [2.05, 4.69) is 4.90 Å². The van der Waals surface area contributed by atoms with Gasteiger partial charge in [-0.05, 0) is 38.3 Å². The molecule has 1 saturated heterocycles. The molecule has 1 aromatic heterocycles. The van der Waals surface area contributed by atoms with Crippen LogP contribution in [0.25, 0.3) is 5.69 Å². The Morgan fingerprint density at radius 1 is 0.971 bits per heavy atom. The lowest BCUT2D eigenvalue weighted by atomic mass is 10.1. The molecule has 180 valence electrons. The molecule has 0 bridgehead atoms. The van der Waals surface area contributed by atoms with E-state index in [1.807, 2.05) is 4.57 Å². The lowest BCUT2D eigenvalue weighted by molar-refractivity contribution is -0.618. The first-order chi connectivity index (χ1) is 16.2. The van der Waals surface area contributed by atoms with E-state index in [0.29, 0.717) is 10.7 Å². The number of halogens is 5. The van der Waals surface area contributed by atoms with E-state index in [-0.39, 0.29) is 5.69 Å². The summed E-state index contributed by atoms with van der Waals surface area (Å²) in [6.45, 7) is 3.41. The number of hydrogen-bond donors (Lipinski definition) is 0. The summed E-state index contributed by atoms with van der Waals surface area (Å²) in [5.74, 6) is -10.3. The fraction of sp³-hybridized carbons (Fsp3) is 0.318. The quantitative estimate of drug-likeness (QED) is 0.0743. The van der Waals surface area contributed by atoms with E-state index >= 15 is 0 Å². The lowest BCUT2D eigenvalue weighted by Gasteiger charge is -2.21. The van der Waals surface area contributed by atoms with Crippen LogP contribution >= 0.6 is 23.1 Å². The van der Waals surface area contributed by atoms with Gasteiger partial charge in [0.05, 0.1) is 22.9 Å². The Balaban J connectivity index is 1.77. The Bertz CT molecular complexity index is 1220. The average molecular weight is 517 g/mol. The Labute approximate surface area is 200 Å². The molecule has 4 rings (SSSR count). The molecule has 5 nitrogen and oxygen atoms in total. The van der Waals surface area contributed by atoms with Gasteiger partial charge >= 0.3 is 5.13 Å². The highest BCUT2D eigenvalue weighted by Crippen LogP contribution is 2.36. The topological polar surface area (TPSA) is 50.3 Å². The van der Waals surface area contributed by atoms with Gasteiger partial charge in [-0.1, -0.05) is 23.1 Å². The van der Waals surface area contributed by atoms with Crippen molar-refractivity contribution in [2.45, 2.75) is 37.0 Å². The van der Waals surface area contributed by atoms with Gasteiger partial charge in [-0.2, -0.15) is 4.57 Å². The predicted molar refractivity (Wildman–Crippen MR) is 119 cm³/mol. The van der Waals surface area contributed by atoms with Crippen molar-refractivity contribution in [2.24, 2.45) is 0 Å². The van der Waals surface area contributed by atoms with E-state index in [9.17, 15) is 32.1 Å². The number of thioether (sulfide) groups is 1. The summed E-state index contributed by atoms with van der Waals surface area (Å²) in [6.07, 6.45) is 3.08. The fourth-order valence-corrected chi connectivity index (χ4v) is 6.27. The smallest absolute Gasteiger partial charge is 0.258 e. The van der Waals surface area contributed by atoms with Gasteiger partial charge in [0.15, 0.2) is 28.3 Å². The summed E-state index contributed by atoms with van der Waals surface area (Å²) in [5.41, 5.74) is -0.399. The van der Waals surface area contributed by atoms with Gasteiger partial charge in [0.1, 0.15) is 5.69 Å². The molecule has 0 unspecified atom stereocenters. The van der Waals surface area contributed by atoms with Gasteiger partial charge in [0.2, 0.25) is 5.82 Å². The molecule has 0 amide bonds. The number of aryl methyl sites for hydroxylation is 1. The standard InChI is InChI=1S/C22H19F5N3O2S2/c1-12-21(33-11-15-16(23)18(25)20(27)19(26)17(15)24)29(13-5-7-14(8-6-13)30(31)32)22(34-12)28-9-3-2-4-10-28/h5-8H,2-4,9-11H2,1H3/q+1. The molecular weight excluding hydrogens is 497 g/mol. The van der Waals surface area contributed by atoms with Crippen LogP contribution < -0.4 is 9.47 Å². The minimum absolute atomic E-state index is 0.0913. The minimum atomic E-state index is -2.19. The fourth-order valence-electron chi connectivity index (χ4n) is 3.80. The number of non-ortho nitro benzene ring substituents is 1. The number of nitro groups is 1. The van der Waals surface area contributed by atoms with Gasteiger partial charge in [-0.15, -0.1) is 0 Å². The number of aromatic nitrogens is 1. The summed E-state index contributed by atoms with van der Waals surface area (Å²) in [4.78, 5) is 13.5. The second kappa shape index (κ2) is 9.87. The predicted octanol–water partition coefficient (Wildman–Crippen LogP) is 6.22. The van der Waals surface area contributed by atoms with Crippen molar-refractivity contribution in [3.05, 3.63) is 73.9 Å². The van der Waals surface area contributed by atoms with E-state index < -0.39 is 45.3 Å². The Hall–Kier alpha value is -2.73. The number of nitro benzene ring substituents is 1. The van der Waals surface area contributed by atoms with Crippen LogP contribution in [0.5, 0.6) is 0 Å². The molecule has 0 spiro atoms. The van der Waals surface area contributed by atoms with E-state index in [1.54, 1.807) is 19.1 Å². The van der Waals surface area contributed by atoms with Crippen molar-refractivity contribution in [1.82, 2.24) is 0 Å². The number of anilines is 1. The molecule has 34 heavy (non-hydrogen) atoms. The molecule has 0 radical (unpaired) electrons. The molecule has 0 saturated carbocycles. The van der Waals surface area contributed by atoms with Crippen LogP contribution in [0.4, 0.5) is 32.8 Å². The molecule has 2 aromatic carbocycles. The lowest BCUT2D eigenvalue weighted by Crippen LogP contribution is -2.41. The molecule has 0 aliphatic carbocycles. The van der Waals surface area contributed by atoms with Crippen LogP contribution in [-0.2, 0) is 5.75 Å². The van der Waals surface area contributed by atoms with Crippen molar-refractivity contribution in [3.63, 3.8) is 0 Å². The largest absolute Gasteiger partial charge is 0.342 e. The van der Waals surface area contributed by atoms with Gasteiger partial charge in [-0.3, -0.25) is 15.0 Å². The summed E-state index contributed by atoms with van der Waals surface area (Å²) in [6, 6.07) is 5.85. The normalized spacial score (nSPS) is 14.0. The van der Waals surface area contributed by atoms with Gasteiger partial charge < -0.3 is 0 Å². The molecule has 3 aromatic rings. The third-order valence-corrected chi connectivity index (χ3v) is 7.99. The van der Waals surface area contributed by atoms with E-state index in [1.165, 1.54) is 23.5 Å². The zero-order valence-electron chi connectivity index (χ0n) is 17.9. The minimum Gasteiger partial charge on any atom is -0.258 e. The molecule has 0 atom stereocenters. The Morgan fingerprint density at radius 2 is 1.53 bits per heavy atom. The van der Waals surface area contributed by atoms with Gasteiger partial charge in [0, 0.05) is 23.4 Å². The number of rotatable bonds is 6. The van der Waals surface area contributed by atoms with Crippen molar-refractivity contribution >= 4 is 33.9 Å². The van der Waals surface area contributed by atoms with Crippen molar-refractivity contribution in [2.75, 3.05) is 18.0 Å². The number of nitrogens with zero attached hydrogens (tertiary/aromatic N) is 3. The average Bonchev–Trinajstić information content (AvgIpc) is 3.18. The number of benzene rings is 2. The zero-order valence-corrected chi connectivity index (χ0v) is 19.5. The van der Waals surface area contributed by atoms with Crippen molar-refractivity contribution in [3.8, 4) is 5.69 Å². The van der Waals surface area contributed by atoms with Crippen LogP contribution in [0, 0.1) is 46.1 Å². The van der Waals surface area contributed by atoms with Crippen LogP contribution in [0.15, 0.2) is 29.3 Å². The van der Waals surface area contributed by atoms with Crippen molar-refractivity contribution in [1.29, 1.82) is 0 Å². The summed E-state index contributed by atoms with van der Waals surface area (Å²) in [7, 11) is 0. The Morgan fingerprint density at radius 3 is 2.09 bits per heavy atom. The van der Waals surface area contributed by atoms with Crippen LogP contribution in [0.3, 0.4) is 0 Å². The monoisotopic (exact) mass is 516 g/mol. The second-order valence-electron chi connectivity index (χ2n) is 7.74. The SMILES string of the molecule is Cc1sc(N2CCCCC2)[n+](-c2ccc([N+](=O)[O-])cc2)c1SCc1c(F)c(F)c(F)c(F)c1F. The number of piperidine rings is 1. The highest BCUT2D eigenvalue weighted by molar-refractivity contribution is 7.98. The Kier molecular flexibility index (Phi) is 7.08. The molecule has 12 heteroatoms. The third-order valence-electron chi connectivity index (χ3n) is 5.54. The molecule has 0 N–H and O–H groups in total. The first-order valence-electron chi connectivity index (χ1n) is 10.4. The van der Waals surface area contributed by atoms with Crippen LogP contribution in [0.1, 0.15) is 29.7 Å². The summed E-state index contributed by atoms with van der Waals surface area (Å²) in [5, 5.41) is 12.5. The van der Waals surface area contributed by atoms with Crippen molar-refractivity contribution < 1.29 is 31.4 Å². The van der Waals surface area contributed by atoms with E-state index in [4.69, 9.17) is 0 Å². The van der Waals surface area contributed by atoms with Gasteiger partial charge in [-0.25, -0.2) is 22.0 Å². The molecular formula is C22H19F5N3O2S2+. The molecule has 1 fully saturated rings. The third kappa shape index (κ3) is 4.48. The maximum Gasteiger partial charge on any atom is 0.342 e. The first-order valence-corrected chi connectivity index (χ1v) is 12.2. The number of thiazole rings is 1. The molecule has 1 aliphatic heterocycles. The maximum atomic E-state index is 14.2. The highest BCUT2D eigenvalue weighted by Gasteiger charge is 2.32. The summed E-state index contributed by atoms with van der Waals surface area (Å²) >= 11 is 2.39. The first kappa shape index (κ1) is 24.4. The maximum absolute atomic E-state index is 14.2. The second-order valence-corrected chi connectivity index (χ2v) is 9.89. The number of hydrogen-bond acceptors (Lipinski definition) is 5. The van der Waals surface area contributed by atoms with Crippen LogP contribution in [0.2, 0.25) is 0 Å². The molecule has 2 heterocycles. The highest BCUT2D eigenvalue weighted by atomic mass is 32.2. The summed E-state index contributed by atoms with van der Waals surface area (Å²) < 4.78 is 71.0. The van der Waals surface area contributed by atoms with Gasteiger partial charge in [0.25, 0.3) is 5.69 Å². The molecule has 1 aliphatic rings. The zero-order chi connectivity index (χ0) is 24.6. The van der Waals surface area contributed by atoms with Crippen LogP contribution in [-0.4, -0.2) is 18.0 Å². The van der Waals surface area contributed by atoms with E-state index in [0.717, 1.165) is 54.1 Å².